The highest BCUT2D eigenvalue weighted by molar-refractivity contribution is 7.16. The van der Waals surface area contributed by atoms with Crippen molar-refractivity contribution in [1.29, 1.82) is 5.26 Å². The van der Waals surface area contributed by atoms with Crippen molar-refractivity contribution >= 4 is 22.9 Å². The molecule has 1 N–H and O–H groups in total. The quantitative estimate of drug-likeness (QED) is 0.488. The number of nitrogens with zero attached hydrogens (tertiary/aromatic N) is 3. The molecule has 2 fully saturated rings. The molecule has 0 radical (unpaired) electrons. The van der Waals surface area contributed by atoms with Gasteiger partial charge in [0, 0.05) is 29.5 Å². The van der Waals surface area contributed by atoms with Crippen LogP contribution in [0.15, 0.2) is 42.7 Å². The largest absolute Gasteiger partial charge is 0.471 e. The number of carbonyl (C=O) groups excluding carboxylic acids is 1. The van der Waals surface area contributed by atoms with E-state index in [4.69, 9.17) is 9.47 Å². The molecule has 2 aliphatic rings. The van der Waals surface area contributed by atoms with Crippen molar-refractivity contribution in [2.24, 2.45) is 0 Å². The Morgan fingerprint density at radius 3 is 2.56 bits per heavy atom. The SMILES string of the molecule is N#Cc1sc(-c2cnn(Cc3ccccc3)c2)c(C2CCC3(CC2)OCCO3)c1NC(=O)C(F)(F)F. The van der Waals surface area contributed by atoms with E-state index in [1.54, 1.807) is 10.9 Å². The van der Waals surface area contributed by atoms with Crippen molar-refractivity contribution in [3.8, 4) is 16.5 Å². The minimum Gasteiger partial charge on any atom is -0.348 e. The maximum Gasteiger partial charge on any atom is 0.471 e. The van der Waals surface area contributed by atoms with E-state index in [1.807, 2.05) is 47.9 Å². The number of anilines is 1. The van der Waals surface area contributed by atoms with E-state index in [1.165, 1.54) is 0 Å². The lowest BCUT2D eigenvalue weighted by Crippen LogP contribution is -2.35. The van der Waals surface area contributed by atoms with Crippen LogP contribution in [0.3, 0.4) is 0 Å². The number of nitrogens with one attached hydrogen (secondary N) is 1. The molecule has 5 rings (SSSR count). The fourth-order valence-electron chi connectivity index (χ4n) is 4.90. The second-order valence-corrected chi connectivity index (χ2v) is 9.93. The topological polar surface area (TPSA) is 89.2 Å². The van der Waals surface area contributed by atoms with E-state index >= 15 is 0 Å². The van der Waals surface area contributed by atoms with Gasteiger partial charge in [-0.25, -0.2) is 0 Å². The predicted molar refractivity (Wildman–Crippen MR) is 126 cm³/mol. The summed E-state index contributed by atoms with van der Waals surface area (Å²) >= 11 is 1.07. The van der Waals surface area contributed by atoms with Crippen molar-refractivity contribution in [3.05, 3.63) is 58.7 Å². The molecule has 1 saturated heterocycles. The molecular formula is C25H23F3N4O3S. The molecule has 188 valence electrons. The first-order valence-electron chi connectivity index (χ1n) is 11.6. The number of rotatable bonds is 5. The smallest absolute Gasteiger partial charge is 0.348 e. The third-order valence-electron chi connectivity index (χ3n) is 6.59. The number of thiophene rings is 1. The summed E-state index contributed by atoms with van der Waals surface area (Å²) in [6, 6.07) is 11.7. The van der Waals surface area contributed by atoms with Crippen LogP contribution in [0.1, 0.15) is 47.6 Å². The van der Waals surface area contributed by atoms with Gasteiger partial charge in [0.25, 0.3) is 0 Å². The molecule has 1 aliphatic heterocycles. The highest BCUT2D eigenvalue weighted by Crippen LogP contribution is 2.51. The number of halogens is 3. The van der Waals surface area contributed by atoms with Gasteiger partial charge in [0.05, 0.1) is 31.6 Å². The van der Waals surface area contributed by atoms with Crippen LogP contribution in [0.4, 0.5) is 18.9 Å². The van der Waals surface area contributed by atoms with Crippen molar-refractivity contribution in [3.63, 3.8) is 0 Å². The Kier molecular flexibility index (Phi) is 6.59. The Morgan fingerprint density at radius 2 is 1.92 bits per heavy atom. The third kappa shape index (κ3) is 4.89. The summed E-state index contributed by atoms with van der Waals surface area (Å²) in [6.07, 6.45) is 0.705. The standard InChI is InChI=1S/C25H23F3N4O3S/c26-25(27,28)23(33)31-21-19(12-29)36-22(18-13-30-32(15-18)14-16-4-2-1-3-5-16)20(21)17-6-8-24(9-7-17)34-10-11-35-24/h1-5,13,15,17H,6-11,14H2,(H,31,33). The fraction of sp³-hybridized carbons (Fsp3) is 0.400. The number of hydrogen-bond acceptors (Lipinski definition) is 6. The molecule has 1 spiro atoms. The number of benzene rings is 1. The molecule has 3 heterocycles. The molecule has 0 bridgehead atoms. The summed E-state index contributed by atoms with van der Waals surface area (Å²) in [4.78, 5) is 12.6. The number of ether oxygens (including phenoxy) is 2. The summed E-state index contributed by atoms with van der Waals surface area (Å²) in [6.45, 7) is 1.55. The normalized spacial score (nSPS) is 17.8. The lowest BCUT2D eigenvalue weighted by atomic mass is 9.80. The number of hydrogen-bond donors (Lipinski definition) is 1. The van der Waals surface area contributed by atoms with Gasteiger partial charge in [0.1, 0.15) is 10.9 Å². The van der Waals surface area contributed by atoms with Gasteiger partial charge in [0.2, 0.25) is 0 Å². The van der Waals surface area contributed by atoms with E-state index in [2.05, 4.69) is 5.10 Å². The highest BCUT2D eigenvalue weighted by atomic mass is 32.1. The maximum absolute atomic E-state index is 13.1. The van der Waals surface area contributed by atoms with Gasteiger partial charge in [-0.2, -0.15) is 23.5 Å². The third-order valence-corrected chi connectivity index (χ3v) is 7.75. The average Bonchev–Trinajstić information content (AvgIpc) is 3.59. The summed E-state index contributed by atoms with van der Waals surface area (Å²) in [5.74, 6) is -2.93. The van der Waals surface area contributed by atoms with Crippen LogP contribution in [-0.4, -0.2) is 40.9 Å². The van der Waals surface area contributed by atoms with Crippen molar-refractivity contribution in [2.75, 3.05) is 18.5 Å². The van der Waals surface area contributed by atoms with Gasteiger partial charge in [-0.3, -0.25) is 9.48 Å². The molecule has 1 aromatic carbocycles. The Bertz CT molecular complexity index is 1280. The molecule has 1 amide bonds. The van der Waals surface area contributed by atoms with Gasteiger partial charge in [0.15, 0.2) is 5.79 Å². The molecule has 11 heteroatoms. The zero-order valence-corrected chi connectivity index (χ0v) is 20.0. The van der Waals surface area contributed by atoms with Crippen LogP contribution in [-0.2, 0) is 20.8 Å². The van der Waals surface area contributed by atoms with Gasteiger partial charge in [-0.1, -0.05) is 30.3 Å². The molecular weight excluding hydrogens is 493 g/mol. The molecule has 1 aliphatic carbocycles. The molecule has 36 heavy (non-hydrogen) atoms. The first kappa shape index (κ1) is 24.5. The van der Waals surface area contributed by atoms with Crippen LogP contribution in [0.25, 0.3) is 10.4 Å². The number of amides is 1. The molecule has 2 aromatic heterocycles. The molecule has 0 unspecified atom stereocenters. The fourth-order valence-corrected chi connectivity index (χ4v) is 6.02. The summed E-state index contributed by atoms with van der Waals surface area (Å²) in [5.41, 5.74) is 2.21. The molecule has 0 atom stereocenters. The first-order chi connectivity index (χ1) is 17.3. The van der Waals surface area contributed by atoms with E-state index in [-0.39, 0.29) is 16.5 Å². The minimum absolute atomic E-state index is 0.0297. The Hall–Kier alpha value is -3.20. The van der Waals surface area contributed by atoms with E-state index < -0.39 is 17.9 Å². The van der Waals surface area contributed by atoms with E-state index in [0.29, 0.717) is 61.4 Å². The van der Waals surface area contributed by atoms with Crippen LogP contribution in [0.2, 0.25) is 0 Å². The lowest BCUT2D eigenvalue weighted by molar-refractivity contribution is -0.178. The Labute approximate surface area is 209 Å². The summed E-state index contributed by atoms with van der Waals surface area (Å²) in [5, 5.41) is 16.2. The van der Waals surface area contributed by atoms with Gasteiger partial charge in [-0.05, 0) is 29.9 Å². The van der Waals surface area contributed by atoms with Crippen LogP contribution in [0, 0.1) is 11.3 Å². The molecule has 7 nitrogen and oxygen atoms in total. The maximum atomic E-state index is 13.1. The second-order valence-electron chi connectivity index (χ2n) is 8.91. The summed E-state index contributed by atoms with van der Waals surface area (Å²) in [7, 11) is 0. The van der Waals surface area contributed by atoms with Crippen LogP contribution >= 0.6 is 11.3 Å². The number of aromatic nitrogens is 2. The molecule has 1 saturated carbocycles. The van der Waals surface area contributed by atoms with Crippen LogP contribution in [0.5, 0.6) is 0 Å². The highest BCUT2D eigenvalue weighted by Gasteiger charge is 2.44. The Morgan fingerprint density at radius 1 is 1.22 bits per heavy atom. The van der Waals surface area contributed by atoms with Crippen molar-refractivity contribution in [2.45, 2.75) is 50.1 Å². The zero-order chi connectivity index (χ0) is 25.3. The predicted octanol–water partition coefficient (Wildman–Crippen LogP) is 5.43. The number of nitriles is 1. The van der Waals surface area contributed by atoms with Crippen molar-refractivity contribution < 1.29 is 27.4 Å². The van der Waals surface area contributed by atoms with Gasteiger partial charge in [-0.15, -0.1) is 11.3 Å². The zero-order valence-electron chi connectivity index (χ0n) is 19.2. The van der Waals surface area contributed by atoms with E-state index in [9.17, 15) is 23.2 Å². The Balaban J connectivity index is 1.51. The monoisotopic (exact) mass is 516 g/mol. The van der Waals surface area contributed by atoms with Crippen molar-refractivity contribution in [1.82, 2.24) is 9.78 Å². The minimum atomic E-state index is -5.07. The lowest BCUT2D eigenvalue weighted by Gasteiger charge is -2.36. The average molecular weight is 517 g/mol. The second kappa shape index (κ2) is 9.69. The van der Waals surface area contributed by atoms with Gasteiger partial charge < -0.3 is 14.8 Å². The van der Waals surface area contributed by atoms with Gasteiger partial charge >= 0.3 is 12.1 Å². The van der Waals surface area contributed by atoms with E-state index in [0.717, 1.165) is 16.9 Å². The van der Waals surface area contributed by atoms with Crippen LogP contribution < -0.4 is 5.32 Å². The molecule has 3 aromatic rings. The number of alkyl halides is 3. The first-order valence-corrected chi connectivity index (χ1v) is 12.4. The number of carbonyl (C=O) groups is 1. The summed E-state index contributed by atoms with van der Waals surface area (Å²) < 4.78 is 52.8.